The summed E-state index contributed by atoms with van der Waals surface area (Å²) in [5, 5.41) is 3.55. The van der Waals surface area contributed by atoms with Crippen LogP contribution in [0.1, 0.15) is 29.8 Å². The number of methoxy groups -OCH3 is 1. The maximum Gasteiger partial charge on any atom is 0.258 e. The Morgan fingerprint density at radius 2 is 1.84 bits per heavy atom. The number of carbonyl (C=O) groups excluding carboxylic acids is 1. The van der Waals surface area contributed by atoms with Gasteiger partial charge in [-0.15, -0.1) is 0 Å². The Labute approximate surface area is 148 Å². The van der Waals surface area contributed by atoms with Gasteiger partial charge in [-0.05, 0) is 32.0 Å². The molecule has 1 aliphatic rings. The average Bonchev–Trinajstić information content (AvgIpc) is 2.62. The Hall–Kier alpha value is -2.53. The summed E-state index contributed by atoms with van der Waals surface area (Å²) in [4.78, 5) is 15.0. The Balaban J connectivity index is 2.12. The van der Waals surface area contributed by atoms with Crippen LogP contribution in [-0.4, -0.2) is 37.7 Å². The van der Waals surface area contributed by atoms with E-state index in [2.05, 4.69) is 5.32 Å². The molecule has 1 atom stereocenters. The van der Waals surface area contributed by atoms with Crippen molar-refractivity contribution in [2.75, 3.05) is 32.2 Å². The van der Waals surface area contributed by atoms with Crippen LogP contribution in [0, 0.1) is 0 Å². The molecule has 132 valence electrons. The number of anilines is 1. The Kier molecular flexibility index (Phi) is 4.95. The number of benzene rings is 2. The minimum atomic E-state index is -0.726. The van der Waals surface area contributed by atoms with E-state index in [1.54, 1.807) is 7.11 Å². The SMILES string of the molecule is CCOc1ccccc1C1(C)Nc2ccccc2C(=O)N1CCOC. The number of nitrogens with one attached hydrogen (secondary N) is 1. The summed E-state index contributed by atoms with van der Waals surface area (Å²) in [5.74, 6) is 0.759. The lowest BCUT2D eigenvalue weighted by molar-refractivity contribution is 0.0432. The molecule has 0 fully saturated rings. The molecule has 1 amide bonds. The van der Waals surface area contributed by atoms with Gasteiger partial charge in [0, 0.05) is 24.9 Å². The number of hydrogen-bond donors (Lipinski definition) is 1. The van der Waals surface area contributed by atoms with Gasteiger partial charge in [-0.3, -0.25) is 4.79 Å². The third-order valence-corrected chi connectivity index (χ3v) is 4.55. The second kappa shape index (κ2) is 7.15. The summed E-state index contributed by atoms with van der Waals surface area (Å²) in [7, 11) is 1.64. The van der Waals surface area contributed by atoms with Gasteiger partial charge in [0.15, 0.2) is 0 Å². The normalized spacial score (nSPS) is 19.3. The monoisotopic (exact) mass is 340 g/mol. The van der Waals surface area contributed by atoms with E-state index in [1.807, 2.05) is 67.3 Å². The summed E-state index contributed by atoms with van der Waals surface area (Å²) >= 11 is 0. The van der Waals surface area contributed by atoms with Gasteiger partial charge in [0.2, 0.25) is 0 Å². The quantitative estimate of drug-likeness (QED) is 0.875. The molecule has 0 bridgehead atoms. The predicted octanol–water partition coefficient (Wildman–Crippen LogP) is 3.47. The van der Waals surface area contributed by atoms with Crippen LogP contribution in [0.15, 0.2) is 48.5 Å². The molecular formula is C20H24N2O3. The first-order chi connectivity index (χ1) is 12.1. The van der Waals surface area contributed by atoms with Crippen molar-refractivity contribution in [2.24, 2.45) is 0 Å². The third-order valence-electron chi connectivity index (χ3n) is 4.55. The van der Waals surface area contributed by atoms with Gasteiger partial charge in [0.25, 0.3) is 5.91 Å². The van der Waals surface area contributed by atoms with Crippen molar-refractivity contribution in [2.45, 2.75) is 19.5 Å². The maximum atomic E-state index is 13.2. The minimum absolute atomic E-state index is 0.0137. The molecule has 1 N–H and O–H groups in total. The van der Waals surface area contributed by atoms with Crippen LogP contribution in [0.5, 0.6) is 5.75 Å². The Morgan fingerprint density at radius 3 is 2.60 bits per heavy atom. The fourth-order valence-corrected chi connectivity index (χ4v) is 3.33. The van der Waals surface area contributed by atoms with Gasteiger partial charge in [-0.25, -0.2) is 0 Å². The van der Waals surface area contributed by atoms with Gasteiger partial charge < -0.3 is 19.7 Å². The van der Waals surface area contributed by atoms with Gasteiger partial charge in [-0.2, -0.15) is 0 Å². The summed E-state index contributed by atoms with van der Waals surface area (Å²) in [6.07, 6.45) is 0. The zero-order valence-corrected chi connectivity index (χ0v) is 14.9. The van der Waals surface area contributed by atoms with Gasteiger partial charge in [0.05, 0.1) is 18.8 Å². The van der Waals surface area contributed by atoms with Crippen LogP contribution in [-0.2, 0) is 10.4 Å². The average molecular weight is 340 g/mol. The summed E-state index contributed by atoms with van der Waals surface area (Å²) in [6, 6.07) is 15.4. The highest BCUT2D eigenvalue weighted by atomic mass is 16.5. The third kappa shape index (κ3) is 3.07. The van der Waals surface area contributed by atoms with Gasteiger partial charge >= 0.3 is 0 Å². The van der Waals surface area contributed by atoms with E-state index in [0.29, 0.717) is 25.3 Å². The smallest absolute Gasteiger partial charge is 0.258 e. The molecule has 0 aliphatic carbocycles. The molecule has 1 heterocycles. The van der Waals surface area contributed by atoms with Crippen molar-refractivity contribution >= 4 is 11.6 Å². The van der Waals surface area contributed by atoms with Crippen LogP contribution in [0.4, 0.5) is 5.69 Å². The van der Waals surface area contributed by atoms with Gasteiger partial charge in [-0.1, -0.05) is 30.3 Å². The van der Waals surface area contributed by atoms with E-state index in [4.69, 9.17) is 9.47 Å². The molecule has 1 aliphatic heterocycles. The highest BCUT2D eigenvalue weighted by Gasteiger charge is 2.43. The van der Waals surface area contributed by atoms with Crippen LogP contribution >= 0.6 is 0 Å². The van der Waals surface area contributed by atoms with Crippen LogP contribution in [0.25, 0.3) is 0 Å². The fraction of sp³-hybridized carbons (Fsp3) is 0.350. The van der Waals surface area contributed by atoms with E-state index >= 15 is 0 Å². The number of para-hydroxylation sites is 2. The first kappa shape index (κ1) is 17.3. The van der Waals surface area contributed by atoms with E-state index in [1.165, 1.54) is 0 Å². The van der Waals surface area contributed by atoms with Crippen LogP contribution in [0.3, 0.4) is 0 Å². The standard InChI is InChI=1S/C20H24N2O3/c1-4-25-18-12-8-6-10-16(18)20(2)21-17-11-7-5-9-15(17)19(23)22(20)13-14-24-3/h5-12,21H,4,13-14H2,1-3H3. The summed E-state index contributed by atoms with van der Waals surface area (Å²) in [6.45, 7) is 5.47. The number of fused-ring (bicyclic) bond motifs is 1. The lowest BCUT2D eigenvalue weighted by atomic mass is 9.93. The molecule has 25 heavy (non-hydrogen) atoms. The van der Waals surface area contributed by atoms with Crippen molar-refractivity contribution < 1.29 is 14.3 Å². The molecule has 0 spiro atoms. The lowest BCUT2D eigenvalue weighted by Gasteiger charge is -2.47. The molecule has 5 nitrogen and oxygen atoms in total. The molecule has 5 heteroatoms. The van der Waals surface area contributed by atoms with Crippen LogP contribution in [0.2, 0.25) is 0 Å². The predicted molar refractivity (Wildman–Crippen MR) is 97.9 cm³/mol. The molecule has 0 saturated carbocycles. The molecular weight excluding hydrogens is 316 g/mol. The van der Waals surface area contributed by atoms with Crippen molar-refractivity contribution in [1.82, 2.24) is 4.90 Å². The zero-order chi connectivity index (χ0) is 17.9. The lowest BCUT2D eigenvalue weighted by Crippen LogP contribution is -2.56. The molecule has 0 radical (unpaired) electrons. The van der Waals surface area contributed by atoms with E-state index in [9.17, 15) is 4.79 Å². The van der Waals surface area contributed by atoms with Crippen molar-refractivity contribution in [3.8, 4) is 5.75 Å². The minimum Gasteiger partial charge on any atom is -0.493 e. The fourth-order valence-electron chi connectivity index (χ4n) is 3.33. The molecule has 0 saturated heterocycles. The number of rotatable bonds is 6. The number of amides is 1. The molecule has 0 aromatic heterocycles. The van der Waals surface area contributed by atoms with Crippen molar-refractivity contribution in [1.29, 1.82) is 0 Å². The number of ether oxygens (including phenoxy) is 2. The highest BCUT2D eigenvalue weighted by molar-refractivity contribution is 6.02. The van der Waals surface area contributed by atoms with E-state index in [-0.39, 0.29) is 5.91 Å². The molecule has 1 unspecified atom stereocenters. The zero-order valence-electron chi connectivity index (χ0n) is 14.9. The number of nitrogens with zero attached hydrogens (tertiary/aromatic N) is 1. The molecule has 2 aromatic rings. The maximum absolute atomic E-state index is 13.2. The Bertz CT molecular complexity index is 762. The Morgan fingerprint density at radius 1 is 1.12 bits per heavy atom. The van der Waals surface area contributed by atoms with E-state index in [0.717, 1.165) is 17.0 Å². The first-order valence-electron chi connectivity index (χ1n) is 8.52. The van der Waals surface area contributed by atoms with Crippen LogP contribution < -0.4 is 10.1 Å². The summed E-state index contributed by atoms with van der Waals surface area (Å²) in [5.41, 5.74) is 1.70. The highest BCUT2D eigenvalue weighted by Crippen LogP contribution is 2.41. The molecule has 3 rings (SSSR count). The van der Waals surface area contributed by atoms with Gasteiger partial charge in [0.1, 0.15) is 11.4 Å². The topological polar surface area (TPSA) is 50.8 Å². The summed E-state index contributed by atoms with van der Waals surface area (Å²) < 4.78 is 11.1. The number of hydrogen-bond acceptors (Lipinski definition) is 4. The van der Waals surface area contributed by atoms with Crippen molar-refractivity contribution in [3.05, 3.63) is 59.7 Å². The largest absolute Gasteiger partial charge is 0.493 e. The second-order valence-electron chi connectivity index (χ2n) is 6.12. The van der Waals surface area contributed by atoms with Crippen molar-refractivity contribution in [3.63, 3.8) is 0 Å². The molecule has 2 aromatic carbocycles. The van der Waals surface area contributed by atoms with E-state index < -0.39 is 5.66 Å². The number of carbonyl (C=O) groups is 1. The first-order valence-corrected chi connectivity index (χ1v) is 8.52. The second-order valence-corrected chi connectivity index (χ2v) is 6.12.